The Morgan fingerprint density at radius 2 is 2.32 bits per heavy atom. The topological polar surface area (TPSA) is 89.5 Å². The molecule has 1 amide bonds. The molecule has 1 saturated carbocycles. The van der Waals surface area contributed by atoms with E-state index < -0.39 is 0 Å². The second kappa shape index (κ2) is 7.58. The number of pyridine rings is 1. The maximum absolute atomic E-state index is 13.0. The first-order chi connectivity index (χ1) is 13.7. The van der Waals surface area contributed by atoms with Crippen LogP contribution >= 0.6 is 23.1 Å². The Balaban J connectivity index is 1.32. The average molecular weight is 420 g/mol. The van der Waals surface area contributed by atoms with Crippen LogP contribution in [-0.2, 0) is 9.47 Å². The summed E-state index contributed by atoms with van der Waals surface area (Å²) >= 11 is 3.06. The second-order valence-corrected chi connectivity index (χ2v) is 9.70. The second-order valence-electron chi connectivity index (χ2n) is 7.18. The summed E-state index contributed by atoms with van der Waals surface area (Å²) in [4.78, 5) is 19.6. The average Bonchev–Trinajstić information content (AvgIpc) is 3.07. The molecule has 10 heteroatoms. The van der Waals surface area contributed by atoms with E-state index in [1.54, 1.807) is 18.0 Å². The van der Waals surface area contributed by atoms with Crippen molar-refractivity contribution >= 4 is 39.8 Å². The number of aryl methyl sites for hydroxylation is 1. The quantitative estimate of drug-likeness (QED) is 0.739. The van der Waals surface area contributed by atoms with Crippen molar-refractivity contribution in [2.24, 2.45) is 0 Å². The molecule has 3 atom stereocenters. The van der Waals surface area contributed by atoms with Crippen LogP contribution in [0.15, 0.2) is 16.6 Å². The molecule has 4 heterocycles. The Hall–Kier alpha value is -1.75. The maximum atomic E-state index is 13.0. The van der Waals surface area contributed by atoms with Gasteiger partial charge in [-0.15, -0.1) is 10.2 Å². The number of aromatic nitrogens is 3. The molecule has 2 aliphatic heterocycles. The number of hydrogen-bond acceptors (Lipinski definition) is 9. The van der Waals surface area contributed by atoms with Gasteiger partial charge < -0.3 is 14.4 Å². The number of morpholine rings is 1. The number of carbonyl (C=O) groups excluding carboxylic acids is 1. The van der Waals surface area contributed by atoms with Crippen LogP contribution in [0.4, 0.5) is 10.8 Å². The summed E-state index contributed by atoms with van der Waals surface area (Å²) in [7, 11) is 0. The third-order valence-electron chi connectivity index (χ3n) is 5.12. The van der Waals surface area contributed by atoms with Crippen molar-refractivity contribution in [1.82, 2.24) is 15.2 Å². The maximum Gasteiger partial charge on any atom is 0.261 e. The number of carbonyl (C=O) groups is 1. The molecule has 3 fully saturated rings. The molecule has 8 nitrogen and oxygen atoms in total. The van der Waals surface area contributed by atoms with E-state index in [9.17, 15) is 4.79 Å². The first-order valence-corrected chi connectivity index (χ1v) is 11.1. The molecule has 3 unspecified atom stereocenters. The van der Waals surface area contributed by atoms with Crippen LogP contribution in [-0.4, -0.2) is 64.8 Å². The highest BCUT2D eigenvalue weighted by molar-refractivity contribution is 8.01. The van der Waals surface area contributed by atoms with Gasteiger partial charge in [-0.2, -0.15) is 0 Å². The van der Waals surface area contributed by atoms with Crippen LogP contribution in [0.25, 0.3) is 0 Å². The lowest BCUT2D eigenvalue weighted by atomic mass is 10.1. The molecule has 2 saturated heterocycles. The van der Waals surface area contributed by atoms with Crippen LogP contribution in [0.2, 0.25) is 0 Å². The van der Waals surface area contributed by atoms with Crippen molar-refractivity contribution in [2.75, 3.05) is 36.6 Å². The monoisotopic (exact) mass is 419 g/mol. The van der Waals surface area contributed by atoms with E-state index >= 15 is 0 Å². The summed E-state index contributed by atoms with van der Waals surface area (Å²) in [6.07, 6.45) is 3.98. The van der Waals surface area contributed by atoms with E-state index in [0.29, 0.717) is 34.7 Å². The van der Waals surface area contributed by atoms with Gasteiger partial charge in [0.15, 0.2) is 4.34 Å². The van der Waals surface area contributed by atoms with Gasteiger partial charge in [0.05, 0.1) is 36.6 Å². The molecule has 0 aromatic carbocycles. The summed E-state index contributed by atoms with van der Waals surface area (Å²) in [6.45, 7) is 4.95. The number of rotatable bonds is 5. The smallest absolute Gasteiger partial charge is 0.261 e. The number of hydrogen-bond donors (Lipinski definition) is 1. The summed E-state index contributed by atoms with van der Waals surface area (Å²) in [5.41, 5.74) is 2.37. The minimum Gasteiger partial charge on any atom is -0.380 e. The summed E-state index contributed by atoms with van der Waals surface area (Å²) in [5, 5.41) is 12.1. The van der Waals surface area contributed by atoms with Gasteiger partial charge in [-0.3, -0.25) is 15.1 Å². The molecular weight excluding hydrogens is 398 g/mol. The van der Waals surface area contributed by atoms with Crippen molar-refractivity contribution in [2.45, 2.75) is 41.5 Å². The van der Waals surface area contributed by atoms with Crippen LogP contribution in [0.5, 0.6) is 0 Å². The van der Waals surface area contributed by atoms with Gasteiger partial charge >= 0.3 is 0 Å². The van der Waals surface area contributed by atoms with Gasteiger partial charge in [-0.1, -0.05) is 23.1 Å². The number of nitrogens with zero attached hydrogens (tertiary/aromatic N) is 4. The zero-order valence-electron chi connectivity index (χ0n) is 15.5. The van der Waals surface area contributed by atoms with Crippen LogP contribution in [0, 0.1) is 6.92 Å². The van der Waals surface area contributed by atoms with E-state index in [0.717, 1.165) is 48.3 Å². The molecule has 1 aliphatic carbocycles. The zero-order valence-corrected chi connectivity index (χ0v) is 17.1. The van der Waals surface area contributed by atoms with Gasteiger partial charge in [0, 0.05) is 30.3 Å². The lowest BCUT2D eigenvalue weighted by Gasteiger charge is -2.30. The molecule has 1 N–H and O–H groups in total. The largest absolute Gasteiger partial charge is 0.380 e. The minimum absolute atomic E-state index is 0.205. The molecule has 5 rings (SSSR count). The van der Waals surface area contributed by atoms with E-state index in [2.05, 4.69) is 25.4 Å². The normalized spacial score (nSPS) is 26.2. The number of nitrogens with one attached hydrogen (secondary N) is 1. The number of thioether (sulfide) groups is 1. The fourth-order valence-corrected chi connectivity index (χ4v) is 5.67. The van der Waals surface area contributed by atoms with E-state index in [1.165, 1.54) is 11.3 Å². The van der Waals surface area contributed by atoms with E-state index in [4.69, 9.17) is 9.47 Å². The van der Waals surface area contributed by atoms with Gasteiger partial charge in [0.1, 0.15) is 0 Å². The molecule has 28 heavy (non-hydrogen) atoms. The Morgan fingerprint density at radius 3 is 3.18 bits per heavy atom. The lowest BCUT2D eigenvalue weighted by Crippen LogP contribution is -2.38. The first-order valence-electron chi connectivity index (χ1n) is 9.41. The molecule has 0 spiro atoms. The number of anilines is 2. The van der Waals surface area contributed by atoms with Crippen molar-refractivity contribution in [3.05, 3.63) is 23.5 Å². The molecule has 3 aliphatic rings. The van der Waals surface area contributed by atoms with Crippen LogP contribution < -0.4 is 10.2 Å². The fourth-order valence-electron chi connectivity index (χ4n) is 3.61. The third-order valence-corrected chi connectivity index (χ3v) is 7.28. The van der Waals surface area contributed by atoms with Gasteiger partial charge in [-0.25, -0.2) is 0 Å². The highest BCUT2D eigenvalue weighted by atomic mass is 32.2. The van der Waals surface area contributed by atoms with Gasteiger partial charge in [-0.05, 0) is 25.8 Å². The number of fused-ring (bicyclic) bond motifs is 1. The summed E-state index contributed by atoms with van der Waals surface area (Å²) < 4.78 is 11.9. The fraction of sp³-hybridized carbons (Fsp3) is 0.556. The standard InChI is InChI=1S/C18H21N5O3S2/c1-10-6-13(23-3-5-26-15-7-14(15)23)12(8-19-10)16(24)20-17-21-22-18(28-17)27-11-2-4-25-9-11/h6,8,11,14-15H,2-5,7,9H2,1H3,(H,20,21,24). The molecule has 2 aromatic rings. The van der Waals surface area contributed by atoms with Crippen molar-refractivity contribution in [3.63, 3.8) is 0 Å². The van der Waals surface area contributed by atoms with Crippen LogP contribution in [0.1, 0.15) is 28.9 Å². The lowest BCUT2D eigenvalue weighted by molar-refractivity contribution is 0.100. The zero-order chi connectivity index (χ0) is 19.1. The molecule has 2 aromatic heterocycles. The highest BCUT2D eigenvalue weighted by Gasteiger charge is 2.46. The Morgan fingerprint density at radius 1 is 1.39 bits per heavy atom. The van der Waals surface area contributed by atoms with Gasteiger partial charge in [0.25, 0.3) is 5.91 Å². The van der Waals surface area contributed by atoms with Crippen molar-refractivity contribution < 1.29 is 14.3 Å². The molecular formula is C18H21N5O3S2. The van der Waals surface area contributed by atoms with Crippen molar-refractivity contribution in [3.8, 4) is 0 Å². The molecule has 0 bridgehead atoms. The third kappa shape index (κ3) is 3.73. The van der Waals surface area contributed by atoms with E-state index in [-0.39, 0.29) is 5.91 Å². The predicted octanol–water partition coefficient (Wildman–Crippen LogP) is 2.35. The van der Waals surface area contributed by atoms with E-state index in [1.807, 2.05) is 13.0 Å². The van der Waals surface area contributed by atoms with Crippen LogP contribution in [0.3, 0.4) is 0 Å². The number of amides is 1. The Bertz CT molecular complexity index is 886. The molecule has 0 radical (unpaired) electrons. The first kappa shape index (κ1) is 18.3. The van der Waals surface area contributed by atoms with Crippen molar-refractivity contribution in [1.29, 1.82) is 0 Å². The van der Waals surface area contributed by atoms with Gasteiger partial charge in [0.2, 0.25) is 5.13 Å². The summed E-state index contributed by atoms with van der Waals surface area (Å²) in [6, 6.07) is 2.34. The summed E-state index contributed by atoms with van der Waals surface area (Å²) in [5.74, 6) is -0.205. The molecule has 148 valence electrons. The number of ether oxygens (including phenoxy) is 2. The predicted molar refractivity (Wildman–Crippen MR) is 107 cm³/mol. The Labute approximate surface area is 171 Å². The Kier molecular flexibility index (Phi) is 4.95. The minimum atomic E-state index is -0.205. The highest BCUT2D eigenvalue weighted by Crippen LogP contribution is 2.39. The SMILES string of the molecule is Cc1cc(N2CCOC3CC32)c(C(=O)Nc2nnc(SC3CCOC3)s2)cn1.